The molecule has 2 aliphatic carbocycles. The number of imide groups is 1. The van der Waals surface area contributed by atoms with E-state index in [0.29, 0.717) is 23.5 Å². The molecule has 2 aromatic carbocycles. The first-order valence-corrected chi connectivity index (χ1v) is 12.6. The summed E-state index contributed by atoms with van der Waals surface area (Å²) in [6, 6.07) is 14.6. The maximum absolute atomic E-state index is 13.1. The molecule has 0 N–H and O–H groups in total. The molecule has 2 aliphatic heterocycles. The molecule has 4 aliphatic rings. The number of hydrogen-bond donors (Lipinski definition) is 0. The molecule has 2 heterocycles. The van der Waals surface area contributed by atoms with E-state index in [-0.39, 0.29) is 53.9 Å². The highest BCUT2D eigenvalue weighted by atomic mass is 16.5. The van der Waals surface area contributed by atoms with Crippen molar-refractivity contribution < 1.29 is 23.9 Å². The van der Waals surface area contributed by atoms with Gasteiger partial charge in [-0.3, -0.25) is 19.2 Å². The number of allylic oxidation sites excluding steroid dienone is 2. The Morgan fingerprint density at radius 2 is 1.64 bits per heavy atom. The molecule has 0 unspecified atom stereocenters. The number of aryl methyl sites for hydroxylation is 1. The number of ether oxygens (including phenoxy) is 1. The molecule has 3 fully saturated rings. The predicted molar refractivity (Wildman–Crippen MR) is 132 cm³/mol. The minimum absolute atomic E-state index is 0.0695. The summed E-state index contributed by atoms with van der Waals surface area (Å²) in [5.74, 6) is -1.21. The highest BCUT2D eigenvalue weighted by Gasteiger charge is 2.59. The zero-order valence-electron chi connectivity index (χ0n) is 20.3. The zero-order valence-corrected chi connectivity index (χ0v) is 20.3. The first-order chi connectivity index (χ1) is 17.3. The van der Waals surface area contributed by atoms with Crippen LogP contribution in [0, 0.1) is 36.5 Å². The molecule has 3 amide bonds. The van der Waals surface area contributed by atoms with Gasteiger partial charge in [-0.05, 0) is 61.4 Å². The maximum Gasteiger partial charge on any atom is 0.316 e. The van der Waals surface area contributed by atoms with E-state index in [4.69, 9.17) is 4.74 Å². The number of esters is 1. The molecule has 7 heteroatoms. The maximum atomic E-state index is 13.1. The summed E-state index contributed by atoms with van der Waals surface area (Å²) < 4.78 is 5.64. The second kappa shape index (κ2) is 8.43. The van der Waals surface area contributed by atoms with E-state index in [1.54, 1.807) is 30.0 Å². The molecular formula is C29H28N2O5. The normalized spacial score (nSPS) is 29.3. The van der Waals surface area contributed by atoms with Crippen molar-refractivity contribution in [1.82, 2.24) is 4.90 Å². The summed E-state index contributed by atoms with van der Waals surface area (Å²) in [5, 5.41) is 0. The van der Waals surface area contributed by atoms with E-state index >= 15 is 0 Å². The number of carbonyl (C=O) groups is 4. The monoisotopic (exact) mass is 484 g/mol. The number of fused-ring (bicyclic) bond motifs is 5. The third-order valence-electron chi connectivity index (χ3n) is 8.34. The van der Waals surface area contributed by atoms with Gasteiger partial charge < -0.3 is 9.64 Å². The van der Waals surface area contributed by atoms with E-state index in [0.717, 1.165) is 12.0 Å². The van der Waals surface area contributed by atoms with Crippen LogP contribution in [-0.4, -0.2) is 35.1 Å². The van der Waals surface area contributed by atoms with Crippen LogP contribution >= 0.6 is 0 Å². The Morgan fingerprint density at radius 3 is 2.28 bits per heavy atom. The number of benzene rings is 2. The number of amides is 3. The minimum atomic E-state index is -0.548. The van der Waals surface area contributed by atoms with Crippen molar-refractivity contribution >= 4 is 29.4 Å². The number of hydrogen-bond acceptors (Lipinski definition) is 5. The molecule has 0 radical (unpaired) electrons. The smallest absolute Gasteiger partial charge is 0.316 e. The molecule has 36 heavy (non-hydrogen) atoms. The van der Waals surface area contributed by atoms with Crippen LogP contribution in [0.3, 0.4) is 0 Å². The van der Waals surface area contributed by atoms with Crippen LogP contribution < -0.4 is 9.64 Å². The van der Waals surface area contributed by atoms with Gasteiger partial charge in [0.25, 0.3) is 0 Å². The molecule has 2 bridgehead atoms. The van der Waals surface area contributed by atoms with Crippen LogP contribution in [-0.2, 0) is 19.2 Å². The minimum Gasteiger partial charge on any atom is -0.426 e. The van der Waals surface area contributed by atoms with Crippen LogP contribution in [0.2, 0.25) is 0 Å². The standard InChI is InChI=1S/C29H28N2O5/c1-16-12-22(10-11-23(16)31-27(33)25-19-8-9-20(13-19)26(25)28(31)34)36-29(35)21-14-24(32)30(15-21)17(2)18-6-4-3-5-7-18/h3-12,17,19-21,25-26H,13-15H2,1-2H3/t17-,19-,20-,21+,25-,26+/m0/s1. The lowest BCUT2D eigenvalue weighted by Crippen LogP contribution is -2.33. The van der Waals surface area contributed by atoms with E-state index < -0.39 is 11.9 Å². The molecule has 6 rings (SSSR count). The van der Waals surface area contributed by atoms with Crippen LogP contribution in [0.15, 0.2) is 60.7 Å². The number of carbonyl (C=O) groups excluding carboxylic acids is 4. The summed E-state index contributed by atoms with van der Waals surface area (Å²) in [6.07, 6.45) is 5.15. The van der Waals surface area contributed by atoms with E-state index in [1.807, 2.05) is 37.3 Å². The Balaban J connectivity index is 1.14. The number of anilines is 1. The Hall–Kier alpha value is -3.74. The van der Waals surface area contributed by atoms with Crippen LogP contribution in [0.25, 0.3) is 0 Å². The van der Waals surface area contributed by atoms with Crippen molar-refractivity contribution in [2.45, 2.75) is 32.7 Å². The number of rotatable bonds is 5. The van der Waals surface area contributed by atoms with Gasteiger partial charge in [0.2, 0.25) is 17.7 Å². The highest BCUT2D eigenvalue weighted by Crippen LogP contribution is 2.53. The van der Waals surface area contributed by atoms with Crippen molar-refractivity contribution in [2.75, 3.05) is 11.4 Å². The average molecular weight is 485 g/mol. The van der Waals surface area contributed by atoms with Gasteiger partial charge in [-0.1, -0.05) is 42.5 Å². The molecule has 2 aromatic rings. The summed E-state index contributed by atoms with van der Waals surface area (Å²) in [6.45, 7) is 4.07. The lowest BCUT2D eigenvalue weighted by Gasteiger charge is -2.25. The Kier molecular flexibility index (Phi) is 5.32. The average Bonchev–Trinajstić information content (AvgIpc) is 3.64. The largest absolute Gasteiger partial charge is 0.426 e. The van der Waals surface area contributed by atoms with Gasteiger partial charge in [-0.25, -0.2) is 4.90 Å². The second-order valence-corrected chi connectivity index (χ2v) is 10.4. The first-order valence-electron chi connectivity index (χ1n) is 12.6. The fourth-order valence-electron chi connectivity index (χ4n) is 6.46. The molecular weight excluding hydrogens is 456 g/mol. The summed E-state index contributed by atoms with van der Waals surface area (Å²) in [5.41, 5.74) is 2.24. The quantitative estimate of drug-likeness (QED) is 0.279. The molecule has 1 saturated carbocycles. The molecule has 2 saturated heterocycles. The van der Waals surface area contributed by atoms with Crippen LogP contribution in [0.5, 0.6) is 5.75 Å². The van der Waals surface area contributed by atoms with Crippen LogP contribution in [0.1, 0.15) is 36.9 Å². The van der Waals surface area contributed by atoms with Gasteiger partial charge in [0.05, 0.1) is 29.5 Å². The van der Waals surface area contributed by atoms with Crippen molar-refractivity contribution in [3.8, 4) is 5.75 Å². The van der Waals surface area contributed by atoms with E-state index in [9.17, 15) is 19.2 Å². The molecule has 0 spiro atoms. The summed E-state index contributed by atoms with van der Waals surface area (Å²) in [4.78, 5) is 54.9. The van der Waals surface area contributed by atoms with Gasteiger partial charge >= 0.3 is 5.97 Å². The van der Waals surface area contributed by atoms with Crippen molar-refractivity contribution in [2.24, 2.45) is 29.6 Å². The zero-order chi connectivity index (χ0) is 25.1. The van der Waals surface area contributed by atoms with Crippen molar-refractivity contribution in [1.29, 1.82) is 0 Å². The molecule has 6 atom stereocenters. The molecule has 184 valence electrons. The topological polar surface area (TPSA) is 84.0 Å². The predicted octanol–water partition coefficient (Wildman–Crippen LogP) is 3.82. The van der Waals surface area contributed by atoms with Gasteiger partial charge in [-0.15, -0.1) is 0 Å². The van der Waals surface area contributed by atoms with E-state index in [2.05, 4.69) is 12.2 Å². The lowest BCUT2D eigenvalue weighted by molar-refractivity contribution is -0.139. The second-order valence-electron chi connectivity index (χ2n) is 10.4. The Morgan fingerprint density at radius 1 is 0.972 bits per heavy atom. The van der Waals surface area contributed by atoms with Gasteiger partial charge in [-0.2, -0.15) is 0 Å². The van der Waals surface area contributed by atoms with Gasteiger partial charge in [0.15, 0.2) is 0 Å². The summed E-state index contributed by atoms with van der Waals surface area (Å²) >= 11 is 0. The van der Waals surface area contributed by atoms with Gasteiger partial charge in [0, 0.05) is 13.0 Å². The van der Waals surface area contributed by atoms with E-state index in [1.165, 1.54) is 4.90 Å². The highest BCUT2D eigenvalue weighted by molar-refractivity contribution is 6.23. The Bertz CT molecular complexity index is 1270. The first kappa shape index (κ1) is 22.7. The third kappa shape index (κ3) is 3.48. The Labute approximate surface area is 209 Å². The molecule has 7 nitrogen and oxygen atoms in total. The van der Waals surface area contributed by atoms with Crippen molar-refractivity contribution in [3.05, 3.63) is 71.8 Å². The molecule has 0 aromatic heterocycles. The van der Waals surface area contributed by atoms with Crippen molar-refractivity contribution in [3.63, 3.8) is 0 Å². The number of likely N-dealkylation sites (tertiary alicyclic amines) is 1. The summed E-state index contributed by atoms with van der Waals surface area (Å²) in [7, 11) is 0. The van der Waals surface area contributed by atoms with Crippen LogP contribution in [0.4, 0.5) is 5.69 Å². The third-order valence-corrected chi connectivity index (χ3v) is 8.34. The fourth-order valence-corrected chi connectivity index (χ4v) is 6.46. The SMILES string of the molecule is Cc1cc(OC(=O)[C@@H]2CC(=O)N([C@@H](C)c3ccccc3)C2)ccc1N1C(=O)[C@@H]2[C@H](C1=O)[C@H]1C=C[C@H]2C1. The number of nitrogens with zero attached hydrogens (tertiary/aromatic N) is 2. The lowest BCUT2D eigenvalue weighted by atomic mass is 9.85. The van der Waals surface area contributed by atoms with Gasteiger partial charge in [0.1, 0.15) is 5.75 Å². The fraction of sp³-hybridized carbons (Fsp3) is 0.379.